The molecule has 1 aromatic heterocycles. The Hall–Kier alpha value is -5.86. The van der Waals surface area contributed by atoms with Crippen molar-refractivity contribution in [2.75, 3.05) is 0 Å². The molecule has 2 nitrogen and oxygen atoms in total. The fourth-order valence-corrected chi connectivity index (χ4v) is 7.23. The molecule has 7 aromatic carbocycles. The Morgan fingerprint density at radius 1 is 0.478 bits per heavy atom. The molecule has 1 aliphatic heterocycles. The van der Waals surface area contributed by atoms with Crippen LogP contribution in [0.25, 0.3) is 65.3 Å². The number of aromatic nitrogens is 1. The highest BCUT2D eigenvalue weighted by molar-refractivity contribution is 6.21. The molecule has 216 valence electrons. The van der Waals surface area contributed by atoms with E-state index in [0.717, 1.165) is 23.1 Å². The number of allylic oxidation sites excluding steroid dienone is 1. The maximum atomic E-state index is 5.23. The first-order chi connectivity index (χ1) is 22.8. The van der Waals surface area contributed by atoms with Gasteiger partial charge in [0.05, 0.1) is 11.8 Å². The molecule has 0 bridgehead atoms. The van der Waals surface area contributed by atoms with E-state index < -0.39 is 0 Å². The quantitative estimate of drug-likeness (QED) is 0.188. The first-order valence-corrected chi connectivity index (χ1v) is 15.9. The summed E-state index contributed by atoms with van der Waals surface area (Å²) in [5.74, 6) is 0. The second-order valence-electron chi connectivity index (χ2n) is 12.1. The zero-order chi connectivity index (χ0) is 30.5. The lowest BCUT2D eigenvalue weighted by atomic mass is 9.85. The molecule has 9 rings (SSSR count). The van der Waals surface area contributed by atoms with E-state index in [1.165, 1.54) is 65.5 Å². The normalized spacial score (nSPS) is 14.7. The van der Waals surface area contributed by atoms with Gasteiger partial charge in [-0.15, -0.1) is 0 Å². The standard InChI is InChI=1S/C44H30N2/c1-2-11-32-26-33(25-20-29(32)10-1)44-38-16-7-5-14-36(38)43(37-15-6-8-17-39(37)44)31-23-21-30(22-24-31)41-18-9-19-42(46-41)40-28-45-27-34-12-3-4-13-35(34)40/h1-17,19-28,41H,18H2. The highest BCUT2D eigenvalue weighted by Crippen LogP contribution is 2.44. The lowest BCUT2D eigenvalue weighted by molar-refractivity contribution is 0.737. The van der Waals surface area contributed by atoms with Gasteiger partial charge in [-0.1, -0.05) is 140 Å². The monoisotopic (exact) mass is 586 g/mol. The minimum absolute atomic E-state index is 0.0665. The fourth-order valence-electron chi connectivity index (χ4n) is 7.23. The zero-order valence-corrected chi connectivity index (χ0v) is 25.3. The summed E-state index contributed by atoms with van der Waals surface area (Å²) in [5.41, 5.74) is 8.32. The number of hydrogen-bond acceptors (Lipinski definition) is 2. The molecule has 8 aromatic rings. The number of hydrogen-bond donors (Lipinski definition) is 0. The van der Waals surface area contributed by atoms with E-state index in [-0.39, 0.29) is 6.04 Å². The van der Waals surface area contributed by atoms with Crippen molar-refractivity contribution in [2.45, 2.75) is 12.5 Å². The van der Waals surface area contributed by atoms with Crippen molar-refractivity contribution in [3.05, 3.63) is 175 Å². The van der Waals surface area contributed by atoms with E-state index in [0.29, 0.717) is 0 Å². The van der Waals surface area contributed by atoms with Crippen molar-refractivity contribution in [2.24, 2.45) is 4.99 Å². The first-order valence-electron chi connectivity index (χ1n) is 15.9. The Bertz CT molecular complexity index is 2440. The van der Waals surface area contributed by atoms with Gasteiger partial charge >= 0.3 is 0 Å². The van der Waals surface area contributed by atoms with Gasteiger partial charge in [0, 0.05) is 23.3 Å². The molecule has 1 aliphatic rings. The van der Waals surface area contributed by atoms with Crippen molar-refractivity contribution in [3.63, 3.8) is 0 Å². The topological polar surface area (TPSA) is 25.2 Å². The van der Waals surface area contributed by atoms with E-state index in [4.69, 9.17) is 4.99 Å². The smallest absolute Gasteiger partial charge is 0.0790 e. The Labute approximate surface area is 268 Å². The van der Waals surface area contributed by atoms with Gasteiger partial charge in [0.2, 0.25) is 0 Å². The molecule has 1 atom stereocenters. The van der Waals surface area contributed by atoms with E-state index in [9.17, 15) is 0 Å². The highest BCUT2D eigenvalue weighted by Gasteiger charge is 2.19. The predicted molar refractivity (Wildman–Crippen MR) is 195 cm³/mol. The molecule has 1 unspecified atom stereocenters. The molecular weight excluding hydrogens is 556 g/mol. The van der Waals surface area contributed by atoms with Crippen molar-refractivity contribution >= 4 is 48.8 Å². The lowest BCUT2D eigenvalue weighted by Crippen LogP contribution is -2.08. The number of dihydropyridines is 1. The van der Waals surface area contributed by atoms with Gasteiger partial charge < -0.3 is 0 Å². The second kappa shape index (κ2) is 10.9. The minimum Gasteiger partial charge on any atom is -0.276 e. The summed E-state index contributed by atoms with van der Waals surface area (Å²) in [6.45, 7) is 0. The third-order valence-corrected chi connectivity index (χ3v) is 9.43. The van der Waals surface area contributed by atoms with Crippen LogP contribution in [0.1, 0.15) is 23.6 Å². The predicted octanol–water partition coefficient (Wildman–Crippen LogP) is 11.5. The number of pyridine rings is 1. The zero-order valence-electron chi connectivity index (χ0n) is 25.3. The maximum absolute atomic E-state index is 5.23. The van der Waals surface area contributed by atoms with Gasteiger partial charge in [0.25, 0.3) is 0 Å². The Balaban J connectivity index is 1.16. The third kappa shape index (κ3) is 4.42. The number of benzene rings is 7. The maximum Gasteiger partial charge on any atom is 0.0790 e. The van der Waals surface area contributed by atoms with E-state index in [1.54, 1.807) is 0 Å². The molecular formula is C44H30N2. The van der Waals surface area contributed by atoms with Crippen LogP contribution in [0.2, 0.25) is 0 Å². The molecule has 0 saturated heterocycles. The molecule has 0 saturated carbocycles. The van der Waals surface area contributed by atoms with Gasteiger partial charge in [0.1, 0.15) is 0 Å². The van der Waals surface area contributed by atoms with Crippen LogP contribution in [0.4, 0.5) is 0 Å². The van der Waals surface area contributed by atoms with Crippen molar-refractivity contribution < 1.29 is 0 Å². The van der Waals surface area contributed by atoms with E-state index >= 15 is 0 Å². The minimum atomic E-state index is 0.0665. The van der Waals surface area contributed by atoms with Crippen LogP contribution < -0.4 is 0 Å². The number of fused-ring (bicyclic) bond motifs is 4. The Morgan fingerprint density at radius 3 is 1.74 bits per heavy atom. The SMILES string of the molecule is C1=CC(c2cncc3ccccc23)=NC(c2ccc(-c3c4ccccc4c(-c4ccc5ccccc5c4)c4ccccc34)cc2)C1. The molecule has 2 heteroatoms. The molecule has 0 fully saturated rings. The molecule has 46 heavy (non-hydrogen) atoms. The molecule has 2 heterocycles. The van der Waals surface area contributed by atoms with E-state index in [2.05, 4.69) is 157 Å². The average molecular weight is 587 g/mol. The van der Waals surface area contributed by atoms with Crippen LogP contribution in [-0.4, -0.2) is 10.7 Å². The van der Waals surface area contributed by atoms with Crippen LogP contribution in [0, 0.1) is 0 Å². The highest BCUT2D eigenvalue weighted by atomic mass is 14.8. The number of aliphatic imine (C=N–C) groups is 1. The Kier molecular flexibility index (Phi) is 6.31. The van der Waals surface area contributed by atoms with Crippen molar-refractivity contribution in [3.8, 4) is 22.3 Å². The van der Waals surface area contributed by atoms with Gasteiger partial charge in [0.15, 0.2) is 0 Å². The summed E-state index contributed by atoms with van der Waals surface area (Å²) in [6, 6.07) is 50.7. The van der Waals surface area contributed by atoms with Gasteiger partial charge in [-0.3, -0.25) is 9.98 Å². The largest absolute Gasteiger partial charge is 0.276 e. The van der Waals surface area contributed by atoms with Crippen LogP contribution in [0.3, 0.4) is 0 Å². The number of nitrogens with zero attached hydrogens (tertiary/aromatic N) is 2. The fraction of sp³-hybridized carbons (Fsp3) is 0.0455. The average Bonchev–Trinajstić information content (AvgIpc) is 3.13. The van der Waals surface area contributed by atoms with Crippen LogP contribution in [0.5, 0.6) is 0 Å². The molecule has 0 radical (unpaired) electrons. The van der Waals surface area contributed by atoms with Crippen molar-refractivity contribution in [1.29, 1.82) is 0 Å². The Morgan fingerprint density at radius 2 is 1.04 bits per heavy atom. The van der Waals surface area contributed by atoms with Gasteiger partial charge in [-0.05, 0) is 84.1 Å². The van der Waals surface area contributed by atoms with Gasteiger partial charge in [-0.2, -0.15) is 0 Å². The van der Waals surface area contributed by atoms with Gasteiger partial charge in [-0.25, -0.2) is 0 Å². The van der Waals surface area contributed by atoms with Crippen LogP contribution in [0.15, 0.2) is 169 Å². The molecule has 0 amide bonds. The summed E-state index contributed by atoms with van der Waals surface area (Å²) >= 11 is 0. The lowest BCUT2D eigenvalue weighted by Gasteiger charge is -2.20. The second-order valence-corrected chi connectivity index (χ2v) is 12.1. The third-order valence-electron chi connectivity index (χ3n) is 9.43. The summed E-state index contributed by atoms with van der Waals surface area (Å²) in [7, 11) is 0. The number of rotatable bonds is 4. The summed E-state index contributed by atoms with van der Waals surface area (Å²) < 4.78 is 0. The summed E-state index contributed by atoms with van der Waals surface area (Å²) in [6.07, 6.45) is 9.13. The molecule has 0 spiro atoms. The summed E-state index contributed by atoms with van der Waals surface area (Å²) in [4.78, 5) is 9.74. The molecule has 0 N–H and O–H groups in total. The first kappa shape index (κ1) is 26.5. The van der Waals surface area contributed by atoms with Crippen molar-refractivity contribution in [1.82, 2.24) is 4.98 Å². The van der Waals surface area contributed by atoms with Crippen LogP contribution >= 0.6 is 0 Å². The van der Waals surface area contributed by atoms with Crippen LogP contribution in [-0.2, 0) is 0 Å². The molecule has 0 aliphatic carbocycles. The summed E-state index contributed by atoms with van der Waals surface area (Å²) in [5, 5.41) is 9.90. The van der Waals surface area contributed by atoms with E-state index in [1.807, 2.05) is 12.4 Å².